The molecular formula is C17H18N4O3S2. The fraction of sp³-hybridized carbons (Fsp3) is 0.294. The van der Waals surface area contributed by atoms with Gasteiger partial charge in [0, 0.05) is 31.7 Å². The molecule has 1 fully saturated rings. The summed E-state index contributed by atoms with van der Waals surface area (Å²) in [6.45, 7) is 2.20. The number of anilines is 1. The molecule has 3 rings (SSSR count). The van der Waals surface area contributed by atoms with E-state index in [1.807, 2.05) is 13.1 Å². The van der Waals surface area contributed by atoms with Gasteiger partial charge in [0.2, 0.25) is 10.0 Å². The van der Waals surface area contributed by atoms with E-state index in [2.05, 4.69) is 10.2 Å². The van der Waals surface area contributed by atoms with Crippen LogP contribution in [0, 0.1) is 11.3 Å². The van der Waals surface area contributed by atoms with E-state index in [9.17, 15) is 13.2 Å². The summed E-state index contributed by atoms with van der Waals surface area (Å²) in [7, 11) is -1.69. The summed E-state index contributed by atoms with van der Waals surface area (Å²) in [5.41, 5.74) is 0.613. The number of carbonyl (C=O) groups excluding carboxylic acids is 1. The molecule has 1 aliphatic heterocycles. The molecule has 1 aromatic heterocycles. The van der Waals surface area contributed by atoms with Crippen LogP contribution in [0.3, 0.4) is 0 Å². The Kier molecular flexibility index (Phi) is 5.38. The molecule has 26 heavy (non-hydrogen) atoms. The lowest BCUT2D eigenvalue weighted by atomic mass is 10.2. The number of likely N-dealkylation sites (N-methyl/N-ethyl adjacent to an activating group) is 1. The molecule has 0 radical (unpaired) electrons. The highest BCUT2D eigenvalue weighted by molar-refractivity contribution is 7.89. The van der Waals surface area contributed by atoms with Gasteiger partial charge in [-0.1, -0.05) is 6.07 Å². The van der Waals surface area contributed by atoms with Gasteiger partial charge < -0.3 is 10.2 Å². The molecule has 2 heterocycles. The van der Waals surface area contributed by atoms with Crippen molar-refractivity contribution in [3.8, 4) is 6.07 Å². The SMILES string of the molecule is CN1CCN(S(=O)(=O)c2cccc(C(=O)Nc3sccc3C#N)c2)CC1. The second-order valence-electron chi connectivity index (χ2n) is 5.96. The quantitative estimate of drug-likeness (QED) is 0.859. The lowest BCUT2D eigenvalue weighted by Gasteiger charge is -2.31. The highest BCUT2D eigenvalue weighted by Crippen LogP contribution is 2.24. The van der Waals surface area contributed by atoms with Gasteiger partial charge in [0.1, 0.15) is 11.1 Å². The van der Waals surface area contributed by atoms with Gasteiger partial charge in [0.25, 0.3) is 5.91 Å². The van der Waals surface area contributed by atoms with Crippen LogP contribution in [0.25, 0.3) is 0 Å². The predicted molar refractivity (Wildman–Crippen MR) is 99.7 cm³/mol. The van der Waals surface area contributed by atoms with Gasteiger partial charge in [-0.05, 0) is 36.7 Å². The fourth-order valence-electron chi connectivity index (χ4n) is 2.64. The van der Waals surface area contributed by atoms with E-state index in [4.69, 9.17) is 5.26 Å². The number of nitrogens with one attached hydrogen (secondary N) is 1. The zero-order valence-electron chi connectivity index (χ0n) is 14.2. The van der Waals surface area contributed by atoms with Crippen molar-refractivity contribution in [1.29, 1.82) is 5.26 Å². The largest absolute Gasteiger partial charge is 0.312 e. The third-order valence-corrected chi connectivity index (χ3v) is 6.93. The van der Waals surface area contributed by atoms with Gasteiger partial charge in [-0.25, -0.2) is 8.42 Å². The topological polar surface area (TPSA) is 93.5 Å². The number of benzene rings is 1. The Morgan fingerprint density at radius 3 is 2.65 bits per heavy atom. The molecule has 2 aromatic rings. The summed E-state index contributed by atoms with van der Waals surface area (Å²) in [6, 6.07) is 9.60. The van der Waals surface area contributed by atoms with Crippen LogP contribution in [0.1, 0.15) is 15.9 Å². The minimum Gasteiger partial charge on any atom is -0.312 e. The molecule has 7 nitrogen and oxygen atoms in total. The van der Waals surface area contributed by atoms with Crippen LogP contribution >= 0.6 is 11.3 Å². The number of hydrogen-bond donors (Lipinski definition) is 1. The summed E-state index contributed by atoms with van der Waals surface area (Å²) in [4.78, 5) is 14.6. The first-order valence-electron chi connectivity index (χ1n) is 7.99. The maximum atomic E-state index is 12.8. The van der Waals surface area contributed by atoms with E-state index in [1.54, 1.807) is 23.6 Å². The van der Waals surface area contributed by atoms with Gasteiger partial charge in [-0.15, -0.1) is 11.3 Å². The average molecular weight is 390 g/mol. The lowest BCUT2D eigenvalue weighted by Crippen LogP contribution is -2.47. The summed E-state index contributed by atoms with van der Waals surface area (Å²) in [5, 5.41) is 13.8. The zero-order valence-corrected chi connectivity index (χ0v) is 15.8. The smallest absolute Gasteiger partial charge is 0.256 e. The number of piperazine rings is 1. The Hall–Kier alpha value is -2.25. The van der Waals surface area contributed by atoms with Crippen molar-refractivity contribution < 1.29 is 13.2 Å². The molecule has 1 N–H and O–H groups in total. The predicted octanol–water partition coefficient (Wildman–Crippen LogP) is 1.81. The first-order chi connectivity index (χ1) is 12.4. The third kappa shape index (κ3) is 3.78. The standard InChI is InChI=1S/C17H18N4O3S2/c1-20-6-8-21(9-7-20)26(23,24)15-4-2-3-13(11-15)16(22)19-17-14(12-18)5-10-25-17/h2-5,10-11H,6-9H2,1H3,(H,19,22). The van der Waals surface area contributed by atoms with E-state index >= 15 is 0 Å². The van der Waals surface area contributed by atoms with Crippen molar-refractivity contribution in [1.82, 2.24) is 9.21 Å². The molecule has 1 saturated heterocycles. The fourth-order valence-corrected chi connectivity index (χ4v) is 4.85. The lowest BCUT2D eigenvalue weighted by molar-refractivity contribution is 0.102. The Morgan fingerprint density at radius 1 is 1.23 bits per heavy atom. The highest BCUT2D eigenvalue weighted by atomic mass is 32.2. The monoisotopic (exact) mass is 390 g/mol. The van der Waals surface area contributed by atoms with Crippen LogP contribution in [-0.2, 0) is 10.0 Å². The minimum atomic E-state index is -3.64. The summed E-state index contributed by atoms with van der Waals surface area (Å²) in [6.07, 6.45) is 0. The maximum Gasteiger partial charge on any atom is 0.256 e. The summed E-state index contributed by atoms with van der Waals surface area (Å²) < 4.78 is 27.1. The van der Waals surface area contributed by atoms with E-state index < -0.39 is 15.9 Å². The molecule has 0 aliphatic carbocycles. The minimum absolute atomic E-state index is 0.0985. The van der Waals surface area contributed by atoms with Crippen LogP contribution in [0.5, 0.6) is 0 Å². The van der Waals surface area contributed by atoms with E-state index in [0.29, 0.717) is 36.7 Å². The van der Waals surface area contributed by atoms with Gasteiger partial charge >= 0.3 is 0 Å². The first kappa shape index (κ1) is 18.5. The molecule has 136 valence electrons. The number of carbonyl (C=O) groups is 1. The van der Waals surface area contributed by atoms with Crippen molar-refractivity contribution >= 4 is 32.3 Å². The maximum absolute atomic E-state index is 12.8. The number of hydrogen-bond acceptors (Lipinski definition) is 6. The highest BCUT2D eigenvalue weighted by Gasteiger charge is 2.28. The van der Waals surface area contributed by atoms with Crippen molar-refractivity contribution in [2.24, 2.45) is 0 Å². The number of amides is 1. The number of nitrogens with zero attached hydrogens (tertiary/aromatic N) is 3. The molecule has 1 aliphatic rings. The third-order valence-electron chi connectivity index (χ3n) is 4.21. The molecule has 0 unspecified atom stereocenters. The molecule has 0 saturated carbocycles. The second-order valence-corrected chi connectivity index (χ2v) is 8.82. The van der Waals surface area contributed by atoms with Gasteiger partial charge in [0.15, 0.2) is 0 Å². The Bertz CT molecular complexity index is 954. The van der Waals surface area contributed by atoms with Crippen molar-refractivity contribution in [2.45, 2.75) is 4.90 Å². The van der Waals surface area contributed by atoms with Gasteiger partial charge in [-0.3, -0.25) is 4.79 Å². The normalized spacial score (nSPS) is 16.2. The Labute approximate surface area is 156 Å². The molecule has 9 heteroatoms. The van der Waals surface area contributed by atoms with Crippen LogP contribution in [0.2, 0.25) is 0 Å². The molecule has 0 spiro atoms. The van der Waals surface area contributed by atoms with Crippen molar-refractivity contribution in [2.75, 3.05) is 38.5 Å². The molecule has 0 atom stereocenters. The van der Waals surface area contributed by atoms with E-state index in [1.165, 1.54) is 27.8 Å². The number of sulfonamides is 1. The average Bonchev–Trinajstić information content (AvgIpc) is 3.09. The van der Waals surface area contributed by atoms with Crippen LogP contribution in [0.4, 0.5) is 5.00 Å². The molecule has 1 amide bonds. The van der Waals surface area contributed by atoms with Gasteiger partial charge in [0.05, 0.1) is 10.5 Å². The number of nitriles is 1. The van der Waals surface area contributed by atoms with Crippen LogP contribution in [0.15, 0.2) is 40.6 Å². The summed E-state index contributed by atoms with van der Waals surface area (Å²) in [5.74, 6) is -0.445. The molecule has 0 bridgehead atoms. The summed E-state index contributed by atoms with van der Waals surface area (Å²) >= 11 is 1.24. The van der Waals surface area contributed by atoms with Crippen LogP contribution < -0.4 is 5.32 Å². The molecule has 1 aromatic carbocycles. The van der Waals surface area contributed by atoms with Crippen LogP contribution in [-0.4, -0.2) is 56.8 Å². The Morgan fingerprint density at radius 2 is 1.96 bits per heavy atom. The number of thiophene rings is 1. The number of rotatable bonds is 4. The first-order valence-corrected chi connectivity index (χ1v) is 10.3. The van der Waals surface area contributed by atoms with E-state index in [0.717, 1.165) is 0 Å². The Balaban J connectivity index is 1.81. The van der Waals surface area contributed by atoms with Crippen molar-refractivity contribution in [3.63, 3.8) is 0 Å². The zero-order chi connectivity index (χ0) is 18.7. The van der Waals surface area contributed by atoms with Crippen molar-refractivity contribution in [3.05, 3.63) is 46.8 Å². The second kappa shape index (κ2) is 7.55. The van der Waals surface area contributed by atoms with Gasteiger partial charge in [-0.2, -0.15) is 9.57 Å². The molecular weight excluding hydrogens is 372 g/mol. The van der Waals surface area contributed by atoms with E-state index in [-0.39, 0.29) is 10.5 Å².